The van der Waals surface area contributed by atoms with Crippen molar-refractivity contribution in [3.05, 3.63) is 28.8 Å². The molecule has 0 aliphatic carbocycles. The van der Waals surface area contributed by atoms with Gasteiger partial charge in [0.05, 0.1) is 12.7 Å². The van der Waals surface area contributed by atoms with Crippen molar-refractivity contribution in [2.24, 2.45) is 0 Å². The van der Waals surface area contributed by atoms with Crippen LogP contribution in [-0.4, -0.2) is 25.6 Å². The Hall–Kier alpha value is -1.89. The molecule has 1 aromatic rings. The lowest BCUT2D eigenvalue weighted by Crippen LogP contribution is -2.64. The van der Waals surface area contributed by atoms with Crippen LogP contribution in [0.4, 0.5) is 57.1 Å². The summed E-state index contributed by atoms with van der Waals surface area (Å²) in [7, 11) is 0.310. The van der Waals surface area contributed by atoms with Gasteiger partial charge in [0, 0.05) is 0 Å². The van der Waals surface area contributed by atoms with Gasteiger partial charge in [-0.05, 0) is 0 Å². The summed E-state index contributed by atoms with van der Waals surface area (Å²) in [4.78, 5) is 0. The number of methoxy groups -OCH3 is 1. The smallest absolute Gasteiger partial charge is 0.416 e. The molecule has 14 heteroatoms. The molecular formula is C11H3F13O. The average molecular weight is 398 g/mol. The van der Waals surface area contributed by atoms with E-state index in [4.69, 9.17) is 0 Å². The summed E-state index contributed by atoms with van der Waals surface area (Å²) in [6, 6.07) is 0. The summed E-state index contributed by atoms with van der Waals surface area (Å²) in [5.41, 5.74) is -11.2. The highest BCUT2D eigenvalue weighted by Gasteiger charge is 2.86. The molecule has 0 radical (unpaired) electrons. The Bertz CT molecular complexity index is 601. The standard InChI is InChI=1S/C11H3F13O/c1-25-7-5(14)3(12)2(4(13)6(7)15)8(9(16,17)18,10(19,20)21)11(22,23)24/h1H3. The molecule has 0 aliphatic heterocycles. The van der Waals surface area contributed by atoms with Gasteiger partial charge in [-0.15, -0.1) is 0 Å². The highest BCUT2D eigenvalue weighted by molar-refractivity contribution is 5.42. The van der Waals surface area contributed by atoms with Gasteiger partial charge in [0.25, 0.3) is 5.41 Å². The van der Waals surface area contributed by atoms with Crippen molar-refractivity contribution in [3.63, 3.8) is 0 Å². The highest BCUT2D eigenvalue weighted by atomic mass is 19.4. The van der Waals surface area contributed by atoms with Gasteiger partial charge in [0.15, 0.2) is 17.4 Å². The van der Waals surface area contributed by atoms with Crippen LogP contribution in [0, 0.1) is 23.3 Å². The fourth-order valence-corrected chi connectivity index (χ4v) is 2.03. The molecule has 144 valence electrons. The van der Waals surface area contributed by atoms with E-state index in [0.29, 0.717) is 7.11 Å². The van der Waals surface area contributed by atoms with E-state index >= 15 is 0 Å². The van der Waals surface area contributed by atoms with Crippen LogP contribution in [0.2, 0.25) is 0 Å². The van der Waals surface area contributed by atoms with Crippen molar-refractivity contribution in [1.29, 1.82) is 0 Å². The second-order valence-electron chi connectivity index (χ2n) is 4.41. The number of alkyl halides is 9. The number of hydrogen-bond acceptors (Lipinski definition) is 1. The van der Waals surface area contributed by atoms with Gasteiger partial charge in [0.1, 0.15) is 0 Å². The topological polar surface area (TPSA) is 9.23 Å². The number of rotatable bonds is 2. The van der Waals surface area contributed by atoms with Crippen LogP contribution < -0.4 is 4.74 Å². The Kier molecular flexibility index (Phi) is 4.93. The molecule has 0 atom stereocenters. The van der Waals surface area contributed by atoms with Crippen LogP contribution in [0.25, 0.3) is 0 Å². The van der Waals surface area contributed by atoms with Crippen molar-refractivity contribution in [1.82, 2.24) is 0 Å². The van der Waals surface area contributed by atoms with Crippen LogP contribution in [0.1, 0.15) is 5.56 Å². The third-order valence-corrected chi connectivity index (χ3v) is 3.08. The maximum atomic E-state index is 13.6. The zero-order valence-electron chi connectivity index (χ0n) is 11.3. The predicted octanol–water partition coefficient (Wildman–Crippen LogP) is 5.18. The summed E-state index contributed by atoms with van der Waals surface area (Å²) in [5.74, 6) is -15.2. The number of halogens is 13. The van der Waals surface area contributed by atoms with Crippen LogP contribution in [0.5, 0.6) is 5.75 Å². The zero-order chi connectivity index (χ0) is 20.2. The molecule has 0 unspecified atom stereocenters. The number of ether oxygens (including phenoxy) is 1. The van der Waals surface area contributed by atoms with Gasteiger partial charge < -0.3 is 4.74 Å². The Labute approximate surface area is 129 Å². The Morgan fingerprint density at radius 1 is 0.560 bits per heavy atom. The molecule has 0 N–H and O–H groups in total. The first-order chi connectivity index (χ1) is 11.0. The van der Waals surface area contributed by atoms with Gasteiger partial charge in [-0.25, -0.2) is 8.78 Å². The van der Waals surface area contributed by atoms with Crippen LogP contribution in [0.3, 0.4) is 0 Å². The minimum Gasteiger partial charge on any atom is -0.491 e. The summed E-state index contributed by atoms with van der Waals surface area (Å²) in [5, 5.41) is 0. The first-order valence-corrected chi connectivity index (χ1v) is 5.57. The van der Waals surface area contributed by atoms with Crippen LogP contribution >= 0.6 is 0 Å². The lowest BCUT2D eigenvalue weighted by Gasteiger charge is -2.39. The molecule has 0 saturated carbocycles. The molecule has 1 aromatic carbocycles. The average Bonchev–Trinajstić information content (AvgIpc) is 2.37. The van der Waals surface area contributed by atoms with E-state index in [1.165, 1.54) is 0 Å². The molecule has 0 spiro atoms. The van der Waals surface area contributed by atoms with Gasteiger partial charge in [-0.3, -0.25) is 0 Å². The summed E-state index contributed by atoms with van der Waals surface area (Å²) < 4.78 is 173. The van der Waals surface area contributed by atoms with Crippen molar-refractivity contribution < 1.29 is 61.8 Å². The van der Waals surface area contributed by atoms with E-state index in [1.54, 1.807) is 0 Å². The van der Waals surface area contributed by atoms with Gasteiger partial charge in [0.2, 0.25) is 11.6 Å². The monoisotopic (exact) mass is 398 g/mol. The normalized spacial score (nSPS) is 14.0. The Balaban J connectivity index is 4.27. The molecule has 0 amide bonds. The van der Waals surface area contributed by atoms with E-state index in [9.17, 15) is 57.1 Å². The van der Waals surface area contributed by atoms with Crippen molar-refractivity contribution in [3.8, 4) is 5.75 Å². The fourth-order valence-electron chi connectivity index (χ4n) is 2.03. The van der Waals surface area contributed by atoms with E-state index in [-0.39, 0.29) is 0 Å². The second kappa shape index (κ2) is 5.83. The maximum Gasteiger partial charge on any atom is 0.416 e. The van der Waals surface area contributed by atoms with Crippen molar-refractivity contribution in [2.45, 2.75) is 23.9 Å². The van der Waals surface area contributed by atoms with Gasteiger partial charge in [-0.2, -0.15) is 48.3 Å². The lowest BCUT2D eigenvalue weighted by atomic mass is 9.77. The second-order valence-corrected chi connectivity index (χ2v) is 4.41. The first kappa shape index (κ1) is 21.2. The van der Waals surface area contributed by atoms with Crippen molar-refractivity contribution >= 4 is 0 Å². The molecule has 1 nitrogen and oxygen atoms in total. The third kappa shape index (κ3) is 2.74. The molecule has 0 fully saturated rings. The maximum absolute atomic E-state index is 13.6. The van der Waals surface area contributed by atoms with Gasteiger partial charge in [-0.1, -0.05) is 0 Å². The van der Waals surface area contributed by atoms with E-state index < -0.39 is 58.5 Å². The minimum absolute atomic E-state index is 0.310. The zero-order valence-corrected chi connectivity index (χ0v) is 11.3. The molecule has 0 heterocycles. The molecule has 0 aliphatic rings. The quantitative estimate of drug-likeness (QED) is 0.493. The van der Waals surface area contributed by atoms with E-state index in [2.05, 4.69) is 4.74 Å². The predicted molar refractivity (Wildman–Crippen MR) is 52.7 cm³/mol. The Morgan fingerprint density at radius 2 is 0.840 bits per heavy atom. The van der Waals surface area contributed by atoms with E-state index in [0.717, 1.165) is 0 Å². The molecule has 0 aromatic heterocycles. The Morgan fingerprint density at radius 3 is 1.04 bits per heavy atom. The summed E-state index contributed by atoms with van der Waals surface area (Å²) >= 11 is 0. The molecule has 1 rings (SSSR count). The lowest BCUT2D eigenvalue weighted by molar-refractivity contribution is -0.388. The van der Waals surface area contributed by atoms with Crippen LogP contribution in [0.15, 0.2) is 0 Å². The SMILES string of the molecule is COc1c(F)c(F)c(C(C(F)(F)F)(C(F)(F)F)C(F)(F)F)c(F)c1F. The van der Waals surface area contributed by atoms with E-state index in [1.807, 2.05) is 0 Å². The highest BCUT2D eigenvalue weighted by Crippen LogP contribution is 2.62. The summed E-state index contributed by atoms with van der Waals surface area (Å²) in [6.07, 6.45) is -22.4. The first-order valence-electron chi connectivity index (χ1n) is 5.57. The number of benzene rings is 1. The molecule has 0 bridgehead atoms. The molecule has 25 heavy (non-hydrogen) atoms. The van der Waals surface area contributed by atoms with Gasteiger partial charge >= 0.3 is 18.5 Å². The fraction of sp³-hybridized carbons (Fsp3) is 0.455. The van der Waals surface area contributed by atoms with Crippen molar-refractivity contribution in [2.75, 3.05) is 7.11 Å². The largest absolute Gasteiger partial charge is 0.491 e. The minimum atomic E-state index is -7.46. The summed E-state index contributed by atoms with van der Waals surface area (Å²) in [6.45, 7) is 0. The number of hydrogen-bond donors (Lipinski definition) is 0. The molecule has 0 saturated heterocycles. The molecular weight excluding hydrogens is 395 g/mol. The third-order valence-electron chi connectivity index (χ3n) is 3.08. The van der Waals surface area contributed by atoms with Crippen LogP contribution in [-0.2, 0) is 5.41 Å².